The number of morpholine rings is 1. The lowest BCUT2D eigenvalue weighted by atomic mass is 10.1. The third-order valence-electron chi connectivity index (χ3n) is 4.73. The lowest BCUT2D eigenvalue weighted by molar-refractivity contribution is -0.0333. The minimum atomic E-state index is 0.0450. The van der Waals surface area contributed by atoms with Gasteiger partial charge in [0.15, 0.2) is 4.96 Å². The molecule has 8 heteroatoms. The molecule has 0 amide bonds. The van der Waals surface area contributed by atoms with Gasteiger partial charge in [-0.15, -0.1) is 22.7 Å². The van der Waals surface area contributed by atoms with Crippen LogP contribution in [-0.4, -0.2) is 39.0 Å². The molecule has 4 heterocycles. The molecule has 27 heavy (non-hydrogen) atoms. The second-order valence-electron chi connectivity index (χ2n) is 6.43. The van der Waals surface area contributed by atoms with E-state index in [0.29, 0.717) is 6.61 Å². The van der Waals surface area contributed by atoms with Crippen LogP contribution in [0.1, 0.15) is 16.8 Å². The molecule has 1 aliphatic heterocycles. The van der Waals surface area contributed by atoms with Crippen molar-refractivity contribution in [2.75, 3.05) is 19.7 Å². The van der Waals surface area contributed by atoms with Gasteiger partial charge in [0.1, 0.15) is 11.1 Å². The van der Waals surface area contributed by atoms with Crippen LogP contribution < -0.4 is 0 Å². The minimum Gasteiger partial charge on any atom is -0.368 e. The summed E-state index contributed by atoms with van der Waals surface area (Å²) < 4.78 is 8.14. The maximum absolute atomic E-state index is 6.07. The monoisotopic (exact) mass is 416 g/mol. The molecule has 0 N–H and O–H groups in total. The Labute approximate surface area is 169 Å². The zero-order chi connectivity index (χ0) is 18.2. The van der Waals surface area contributed by atoms with E-state index in [2.05, 4.69) is 25.9 Å². The Morgan fingerprint density at radius 2 is 2.07 bits per heavy atom. The molecule has 1 aromatic carbocycles. The smallest absolute Gasteiger partial charge is 0.194 e. The van der Waals surface area contributed by atoms with Crippen LogP contribution >= 0.6 is 34.3 Å². The normalized spacial score (nSPS) is 18.3. The number of hydrogen-bond donors (Lipinski definition) is 0. The first kappa shape index (κ1) is 17.3. The van der Waals surface area contributed by atoms with Gasteiger partial charge in [-0.1, -0.05) is 23.7 Å². The van der Waals surface area contributed by atoms with E-state index in [1.165, 1.54) is 5.69 Å². The molecule has 5 nitrogen and oxygen atoms in total. The Kier molecular flexibility index (Phi) is 4.71. The highest BCUT2D eigenvalue weighted by atomic mass is 35.5. The van der Waals surface area contributed by atoms with Crippen molar-refractivity contribution in [3.05, 3.63) is 63.1 Å². The summed E-state index contributed by atoms with van der Waals surface area (Å²) in [6.45, 7) is 3.28. The van der Waals surface area contributed by atoms with Gasteiger partial charge in [-0.2, -0.15) is 0 Å². The number of nitrogens with zero attached hydrogens (tertiary/aromatic N) is 4. The standard InChI is InChI=1S/C19H17ClN4OS2/c20-14-3-1-13(2-4-14)17-15(24-7-10-27-19(24)22-17)11-23-6-8-25-16(12-23)18-21-5-9-26-18/h1-5,7,9-10,16H,6,8,11-12H2. The zero-order valence-corrected chi connectivity index (χ0v) is 16.8. The van der Waals surface area contributed by atoms with E-state index in [9.17, 15) is 0 Å². The predicted octanol–water partition coefficient (Wildman–Crippen LogP) is 4.75. The van der Waals surface area contributed by atoms with Crippen molar-refractivity contribution < 1.29 is 4.74 Å². The molecule has 4 aromatic rings. The van der Waals surface area contributed by atoms with Crippen LogP contribution in [-0.2, 0) is 11.3 Å². The van der Waals surface area contributed by atoms with E-state index in [0.717, 1.165) is 45.9 Å². The molecule has 0 radical (unpaired) electrons. The molecule has 5 rings (SSSR count). The summed E-state index contributed by atoms with van der Waals surface area (Å²) in [5.41, 5.74) is 3.32. The average Bonchev–Trinajstić information content (AvgIpc) is 3.41. The highest BCUT2D eigenvalue weighted by Crippen LogP contribution is 2.30. The summed E-state index contributed by atoms with van der Waals surface area (Å²) in [4.78, 5) is 12.7. The lowest BCUT2D eigenvalue weighted by Crippen LogP contribution is -2.38. The molecular formula is C19H17ClN4OS2. The van der Waals surface area contributed by atoms with Crippen molar-refractivity contribution in [2.24, 2.45) is 0 Å². The van der Waals surface area contributed by atoms with Crippen LogP contribution in [0.25, 0.3) is 16.2 Å². The van der Waals surface area contributed by atoms with E-state index in [-0.39, 0.29) is 6.10 Å². The van der Waals surface area contributed by atoms with Crippen molar-refractivity contribution in [2.45, 2.75) is 12.6 Å². The second-order valence-corrected chi connectivity index (χ2v) is 8.67. The van der Waals surface area contributed by atoms with Gasteiger partial charge in [0.2, 0.25) is 0 Å². The van der Waals surface area contributed by atoms with E-state index >= 15 is 0 Å². The third kappa shape index (κ3) is 3.41. The largest absolute Gasteiger partial charge is 0.368 e. The molecule has 3 aromatic heterocycles. The minimum absolute atomic E-state index is 0.0450. The summed E-state index contributed by atoms with van der Waals surface area (Å²) in [5, 5.41) is 5.87. The Morgan fingerprint density at radius 1 is 1.19 bits per heavy atom. The van der Waals surface area contributed by atoms with Crippen molar-refractivity contribution in [3.63, 3.8) is 0 Å². The number of fused-ring (bicyclic) bond motifs is 1. The Bertz CT molecular complexity index is 1040. The number of aromatic nitrogens is 3. The molecular weight excluding hydrogens is 400 g/mol. The van der Waals surface area contributed by atoms with Crippen molar-refractivity contribution >= 4 is 39.2 Å². The molecule has 138 valence electrons. The Morgan fingerprint density at radius 3 is 2.89 bits per heavy atom. The summed E-state index contributed by atoms with van der Waals surface area (Å²) in [7, 11) is 0. The first-order valence-corrected chi connectivity index (χ1v) is 10.9. The number of rotatable bonds is 4. The average molecular weight is 417 g/mol. The first-order valence-electron chi connectivity index (χ1n) is 8.71. The molecule has 1 aliphatic rings. The van der Waals surface area contributed by atoms with Crippen LogP contribution in [0.15, 0.2) is 47.4 Å². The molecule has 1 fully saturated rings. The van der Waals surface area contributed by atoms with Gasteiger partial charge in [-0.25, -0.2) is 9.97 Å². The van der Waals surface area contributed by atoms with Gasteiger partial charge in [-0.05, 0) is 12.1 Å². The summed E-state index contributed by atoms with van der Waals surface area (Å²) in [6, 6.07) is 7.91. The Balaban J connectivity index is 1.46. The van der Waals surface area contributed by atoms with Gasteiger partial charge in [0.25, 0.3) is 0 Å². The van der Waals surface area contributed by atoms with E-state index < -0.39 is 0 Å². The summed E-state index contributed by atoms with van der Waals surface area (Å²) >= 11 is 9.37. The quantitative estimate of drug-likeness (QED) is 0.481. The van der Waals surface area contributed by atoms with Gasteiger partial charge in [0.05, 0.1) is 18.0 Å². The van der Waals surface area contributed by atoms with Crippen LogP contribution in [0.3, 0.4) is 0 Å². The van der Waals surface area contributed by atoms with Crippen LogP contribution in [0.4, 0.5) is 0 Å². The topological polar surface area (TPSA) is 42.7 Å². The van der Waals surface area contributed by atoms with Crippen molar-refractivity contribution in [1.29, 1.82) is 0 Å². The molecule has 0 aliphatic carbocycles. The number of hydrogen-bond acceptors (Lipinski definition) is 6. The van der Waals surface area contributed by atoms with Gasteiger partial charge in [-0.3, -0.25) is 9.30 Å². The predicted molar refractivity (Wildman–Crippen MR) is 110 cm³/mol. The van der Waals surface area contributed by atoms with Crippen LogP contribution in [0.2, 0.25) is 5.02 Å². The number of halogens is 1. The molecule has 1 atom stereocenters. The zero-order valence-electron chi connectivity index (χ0n) is 14.4. The van der Waals surface area contributed by atoms with Crippen molar-refractivity contribution in [1.82, 2.24) is 19.3 Å². The number of imidazole rings is 1. The third-order valence-corrected chi connectivity index (χ3v) is 6.61. The fourth-order valence-corrected chi connectivity index (χ4v) is 4.96. The maximum atomic E-state index is 6.07. The molecule has 0 bridgehead atoms. The maximum Gasteiger partial charge on any atom is 0.194 e. The SMILES string of the molecule is Clc1ccc(-c2nc3sccn3c2CN2CCOC(c3nccs3)C2)cc1. The molecule has 0 spiro atoms. The van der Waals surface area contributed by atoms with Crippen molar-refractivity contribution in [3.8, 4) is 11.3 Å². The Hall–Kier alpha value is -1.77. The fraction of sp³-hybridized carbons (Fsp3) is 0.263. The molecule has 1 unspecified atom stereocenters. The first-order chi connectivity index (χ1) is 13.3. The van der Waals surface area contributed by atoms with Gasteiger partial charge < -0.3 is 4.74 Å². The lowest BCUT2D eigenvalue weighted by Gasteiger charge is -2.31. The number of benzene rings is 1. The van der Waals surface area contributed by atoms with Crippen LogP contribution in [0, 0.1) is 0 Å². The van der Waals surface area contributed by atoms with E-state index in [1.807, 2.05) is 35.8 Å². The van der Waals surface area contributed by atoms with E-state index in [1.54, 1.807) is 22.7 Å². The molecule has 1 saturated heterocycles. The molecule has 0 saturated carbocycles. The van der Waals surface area contributed by atoms with E-state index in [4.69, 9.17) is 21.3 Å². The summed E-state index contributed by atoms with van der Waals surface area (Å²) in [5.74, 6) is 0. The highest BCUT2D eigenvalue weighted by molar-refractivity contribution is 7.15. The van der Waals surface area contributed by atoms with Crippen LogP contribution in [0.5, 0.6) is 0 Å². The van der Waals surface area contributed by atoms with Gasteiger partial charge in [0, 0.05) is 53.4 Å². The number of ether oxygens (including phenoxy) is 1. The second kappa shape index (κ2) is 7.33. The highest BCUT2D eigenvalue weighted by Gasteiger charge is 2.26. The summed E-state index contributed by atoms with van der Waals surface area (Å²) in [6.07, 6.45) is 3.98. The van der Waals surface area contributed by atoms with Gasteiger partial charge >= 0.3 is 0 Å². The fourth-order valence-electron chi connectivity index (χ4n) is 3.42. The number of thiazole rings is 2.